The van der Waals surface area contributed by atoms with Crippen molar-refractivity contribution in [3.63, 3.8) is 0 Å². The number of carbonyl (C=O) groups excluding carboxylic acids is 1. The van der Waals surface area contributed by atoms with Crippen LogP contribution in [0.5, 0.6) is 5.75 Å². The SMILES string of the molecule is COc1ccccc1NC(=O)c1ccnc(Nc2ccc(C)c(Cl)c2)c1. The van der Waals surface area contributed by atoms with Gasteiger partial charge in [-0.05, 0) is 48.9 Å². The minimum Gasteiger partial charge on any atom is -0.495 e. The Morgan fingerprint density at radius 2 is 1.92 bits per heavy atom. The molecule has 5 nitrogen and oxygen atoms in total. The summed E-state index contributed by atoms with van der Waals surface area (Å²) in [7, 11) is 1.56. The smallest absolute Gasteiger partial charge is 0.255 e. The molecule has 0 saturated carbocycles. The van der Waals surface area contributed by atoms with Crippen LogP contribution < -0.4 is 15.4 Å². The van der Waals surface area contributed by atoms with Crippen molar-refractivity contribution in [2.24, 2.45) is 0 Å². The quantitative estimate of drug-likeness (QED) is 0.662. The lowest BCUT2D eigenvalue weighted by Crippen LogP contribution is -2.13. The number of benzene rings is 2. The van der Waals surface area contributed by atoms with E-state index in [0.29, 0.717) is 27.8 Å². The maximum Gasteiger partial charge on any atom is 0.255 e. The molecule has 0 saturated heterocycles. The Hall–Kier alpha value is -3.05. The van der Waals surface area contributed by atoms with Gasteiger partial charge < -0.3 is 15.4 Å². The number of anilines is 3. The van der Waals surface area contributed by atoms with Gasteiger partial charge >= 0.3 is 0 Å². The van der Waals surface area contributed by atoms with Crippen LogP contribution in [0.1, 0.15) is 15.9 Å². The second-order valence-corrected chi connectivity index (χ2v) is 6.08. The molecule has 6 heteroatoms. The van der Waals surface area contributed by atoms with E-state index in [2.05, 4.69) is 15.6 Å². The summed E-state index contributed by atoms with van der Waals surface area (Å²) < 4.78 is 5.25. The zero-order chi connectivity index (χ0) is 18.5. The number of nitrogens with zero attached hydrogens (tertiary/aromatic N) is 1. The Morgan fingerprint density at radius 3 is 2.69 bits per heavy atom. The average molecular weight is 368 g/mol. The standard InChI is InChI=1S/C20H18ClN3O2/c1-13-7-8-15(12-16(13)21)23-19-11-14(9-10-22-19)20(25)24-17-5-3-4-6-18(17)26-2/h3-12H,1-2H3,(H,22,23)(H,24,25). The van der Waals surface area contributed by atoms with E-state index in [1.807, 2.05) is 37.3 Å². The van der Waals surface area contributed by atoms with Crippen LogP contribution in [0.4, 0.5) is 17.2 Å². The van der Waals surface area contributed by atoms with Gasteiger partial charge in [0.1, 0.15) is 11.6 Å². The number of para-hydroxylation sites is 2. The number of rotatable bonds is 5. The van der Waals surface area contributed by atoms with Crippen LogP contribution in [-0.4, -0.2) is 18.0 Å². The molecule has 3 rings (SSSR count). The van der Waals surface area contributed by atoms with Gasteiger partial charge in [-0.15, -0.1) is 0 Å². The van der Waals surface area contributed by atoms with Gasteiger partial charge in [0.2, 0.25) is 0 Å². The van der Waals surface area contributed by atoms with Crippen LogP contribution >= 0.6 is 11.6 Å². The van der Waals surface area contributed by atoms with Crippen molar-refractivity contribution >= 4 is 34.7 Å². The van der Waals surface area contributed by atoms with Crippen molar-refractivity contribution in [1.29, 1.82) is 0 Å². The van der Waals surface area contributed by atoms with Crippen molar-refractivity contribution in [2.75, 3.05) is 17.7 Å². The van der Waals surface area contributed by atoms with Crippen LogP contribution in [0.25, 0.3) is 0 Å². The first-order valence-electron chi connectivity index (χ1n) is 8.00. The van der Waals surface area contributed by atoms with Gasteiger partial charge in [0.05, 0.1) is 12.8 Å². The monoisotopic (exact) mass is 367 g/mol. The minimum absolute atomic E-state index is 0.248. The number of carbonyl (C=O) groups is 1. The van der Waals surface area contributed by atoms with Crippen molar-refractivity contribution in [2.45, 2.75) is 6.92 Å². The van der Waals surface area contributed by atoms with Crippen molar-refractivity contribution in [1.82, 2.24) is 4.98 Å². The molecule has 0 bridgehead atoms. The van der Waals surface area contributed by atoms with E-state index in [-0.39, 0.29) is 5.91 Å². The van der Waals surface area contributed by atoms with Crippen molar-refractivity contribution < 1.29 is 9.53 Å². The molecule has 0 atom stereocenters. The number of aromatic nitrogens is 1. The van der Waals surface area contributed by atoms with E-state index in [0.717, 1.165) is 11.3 Å². The number of pyridine rings is 1. The normalized spacial score (nSPS) is 10.3. The molecule has 0 aliphatic rings. The van der Waals surface area contributed by atoms with E-state index >= 15 is 0 Å². The summed E-state index contributed by atoms with van der Waals surface area (Å²) in [5.74, 6) is 0.905. The molecule has 26 heavy (non-hydrogen) atoms. The Balaban J connectivity index is 1.78. The molecular weight excluding hydrogens is 350 g/mol. The molecule has 0 aliphatic heterocycles. The van der Waals surface area contributed by atoms with Crippen molar-refractivity contribution in [3.8, 4) is 5.75 Å². The first-order valence-corrected chi connectivity index (χ1v) is 8.38. The number of hydrogen-bond acceptors (Lipinski definition) is 4. The maximum atomic E-state index is 12.5. The summed E-state index contributed by atoms with van der Waals surface area (Å²) in [6.07, 6.45) is 1.58. The summed E-state index contributed by atoms with van der Waals surface area (Å²) in [5.41, 5.74) is 2.88. The molecule has 2 aromatic carbocycles. The fourth-order valence-electron chi connectivity index (χ4n) is 2.40. The van der Waals surface area contributed by atoms with E-state index in [4.69, 9.17) is 16.3 Å². The lowest BCUT2D eigenvalue weighted by Gasteiger charge is -2.11. The highest BCUT2D eigenvalue weighted by Crippen LogP contribution is 2.25. The molecule has 0 fully saturated rings. The first kappa shape index (κ1) is 17.8. The third-order valence-corrected chi connectivity index (χ3v) is 4.23. The zero-order valence-corrected chi connectivity index (χ0v) is 15.2. The number of aryl methyl sites for hydroxylation is 1. The number of hydrogen-bond donors (Lipinski definition) is 2. The van der Waals surface area contributed by atoms with E-state index < -0.39 is 0 Å². The Kier molecular flexibility index (Phi) is 5.39. The number of nitrogens with one attached hydrogen (secondary N) is 2. The molecule has 0 spiro atoms. The van der Waals surface area contributed by atoms with Crippen LogP contribution in [0.15, 0.2) is 60.8 Å². The highest BCUT2D eigenvalue weighted by Gasteiger charge is 2.10. The van der Waals surface area contributed by atoms with Gasteiger partial charge in [0.25, 0.3) is 5.91 Å². The summed E-state index contributed by atoms with van der Waals surface area (Å²) in [5, 5.41) is 6.66. The molecule has 132 valence electrons. The predicted octanol–water partition coefficient (Wildman–Crippen LogP) is 5.05. The Labute approximate surface area is 157 Å². The van der Waals surface area contributed by atoms with E-state index in [9.17, 15) is 4.79 Å². The van der Waals surface area contributed by atoms with Gasteiger partial charge in [-0.2, -0.15) is 0 Å². The van der Waals surface area contributed by atoms with Gasteiger partial charge in [-0.25, -0.2) is 4.98 Å². The molecule has 0 unspecified atom stereocenters. The lowest BCUT2D eigenvalue weighted by atomic mass is 10.2. The summed E-state index contributed by atoms with van der Waals surface area (Å²) >= 11 is 6.14. The number of halogens is 1. The Morgan fingerprint density at radius 1 is 1.12 bits per heavy atom. The topological polar surface area (TPSA) is 63.2 Å². The first-order chi connectivity index (χ1) is 12.6. The highest BCUT2D eigenvalue weighted by atomic mass is 35.5. The third kappa shape index (κ3) is 4.13. The molecule has 2 N–H and O–H groups in total. The average Bonchev–Trinajstić information content (AvgIpc) is 2.65. The van der Waals surface area contributed by atoms with Crippen LogP contribution in [0.3, 0.4) is 0 Å². The second kappa shape index (κ2) is 7.89. The second-order valence-electron chi connectivity index (χ2n) is 5.67. The summed E-state index contributed by atoms with van der Waals surface area (Å²) in [6, 6.07) is 16.2. The van der Waals surface area contributed by atoms with Gasteiger partial charge in [0, 0.05) is 22.5 Å². The minimum atomic E-state index is -0.248. The fourth-order valence-corrected chi connectivity index (χ4v) is 2.58. The molecule has 1 aromatic heterocycles. The van der Waals surface area contributed by atoms with Gasteiger partial charge in [0.15, 0.2) is 0 Å². The molecule has 0 aliphatic carbocycles. The maximum absolute atomic E-state index is 12.5. The lowest BCUT2D eigenvalue weighted by molar-refractivity contribution is 0.102. The van der Waals surface area contributed by atoms with Crippen LogP contribution in [-0.2, 0) is 0 Å². The zero-order valence-electron chi connectivity index (χ0n) is 14.4. The Bertz CT molecular complexity index is 944. The molecule has 1 amide bonds. The van der Waals surface area contributed by atoms with Gasteiger partial charge in [-0.1, -0.05) is 29.8 Å². The largest absolute Gasteiger partial charge is 0.495 e. The van der Waals surface area contributed by atoms with Crippen molar-refractivity contribution in [3.05, 3.63) is 76.9 Å². The predicted molar refractivity (Wildman–Crippen MR) is 105 cm³/mol. The number of methoxy groups -OCH3 is 1. The fraction of sp³-hybridized carbons (Fsp3) is 0.100. The summed E-state index contributed by atoms with van der Waals surface area (Å²) in [6.45, 7) is 1.94. The van der Waals surface area contributed by atoms with Gasteiger partial charge in [-0.3, -0.25) is 4.79 Å². The molecule has 1 heterocycles. The van der Waals surface area contributed by atoms with E-state index in [1.54, 1.807) is 37.6 Å². The van der Waals surface area contributed by atoms with Crippen LogP contribution in [0, 0.1) is 6.92 Å². The number of amides is 1. The number of ether oxygens (including phenoxy) is 1. The highest BCUT2D eigenvalue weighted by molar-refractivity contribution is 6.31. The third-order valence-electron chi connectivity index (χ3n) is 3.82. The molecule has 3 aromatic rings. The van der Waals surface area contributed by atoms with Crippen LogP contribution in [0.2, 0.25) is 5.02 Å². The van der Waals surface area contributed by atoms with E-state index in [1.165, 1.54) is 0 Å². The molecule has 0 radical (unpaired) electrons. The summed E-state index contributed by atoms with van der Waals surface area (Å²) in [4.78, 5) is 16.8. The molecular formula is C20H18ClN3O2.